The zero-order chi connectivity index (χ0) is 24.7. The molecule has 3 aromatic rings. The third-order valence-electron chi connectivity index (χ3n) is 4.66. The van der Waals surface area contributed by atoms with Crippen LogP contribution in [-0.4, -0.2) is 17.0 Å². The van der Waals surface area contributed by atoms with Gasteiger partial charge in [0.2, 0.25) is 5.91 Å². The number of hydrogen-bond donors (Lipinski definition) is 2. The predicted octanol–water partition coefficient (Wildman–Crippen LogP) is 6.43. The predicted molar refractivity (Wildman–Crippen MR) is 124 cm³/mol. The SMILES string of the molecule is O=C(CCc1cccc(C(F)(F)F)c1)N/C(=C\c1ccc(Oc2ccccc2Br)cc1)C(=O)O. The molecule has 0 saturated heterocycles. The van der Waals surface area contributed by atoms with Crippen LogP contribution >= 0.6 is 15.9 Å². The molecule has 0 aliphatic rings. The van der Waals surface area contributed by atoms with E-state index in [4.69, 9.17) is 4.74 Å². The van der Waals surface area contributed by atoms with Gasteiger partial charge in [-0.1, -0.05) is 42.5 Å². The lowest BCUT2D eigenvalue weighted by Gasteiger charge is -2.10. The molecule has 0 fully saturated rings. The Bertz CT molecular complexity index is 1210. The number of carboxylic acid groups (broad SMARTS) is 1. The van der Waals surface area contributed by atoms with Crippen LogP contribution in [0.25, 0.3) is 6.08 Å². The minimum Gasteiger partial charge on any atom is -0.477 e. The molecule has 0 unspecified atom stereocenters. The lowest BCUT2D eigenvalue weighted by molar-refractivity contribution is -0.137. The number of para-hydroxylation sites is 1. The molecule has 0 aliphatic carbocycles. The van der Waals surface area contributed by atoms with Gasteiger partial charge < -0.3 is 15.2 Å². The molecule has 3 rings (SSSR count). The highest BCUT2D eigenvalue weighted by molar-refractivity contribution is 9.10. The maximum Gasteiger partial charge on any atom is 0.416 e. The summed E-state index contributed by atoms with van der Waals surface area (Å²) >= 11 is 3.39. The quantitative estimate of drug-likeness (QED) is 0.327. The van der Waals surface area contributed by atoms with Crippen molar-refractivity contribution in [1.29, 1.82) is 0 Å². The van der Waals surface area contributed by atoms with Gasteiger partial charge in [-0.25, -0.2) is 4.79 Å². The first-order chi connectivity index (χ1) is 16.1. The maximum atomic E-state index is 12.8. The molecule has 0 atom stereocenters. The molecule has 2 N–H and O–H groups in total. The Morgan fingerprint density at radius 2 is 1.71 bits per heavy atom. The fourth-order valence-corrected chi connectivity index (χ4v) is 3.34. The van der Waals surface area contributed by atoms with Gasteiger partial charge in [0.1, 0.15) is 17.2 Å². The van der Waals surface area contributed by atoms with Crippen molar-refractivity contribution in [3.05, 3.63) is 99.7 Å². The highest BCUT2D eigenvalue weighted by atomic mass is 79.9. The third-order valence-corrected chi connectivity index (χ3v) is 5.31. The Morgan fingerprint density at radius 3 is 2.35 bits per heavy atom. The summed E-state index contributed by atoms with van der Waals surface area (Å²) in [5.74, 6) is -0.822. The van der Waals surface area contributed by atoms with Gasteiger partial charge >= 0.3 is 12.1 Å². The number of aliphatic carboxylic acids is 1. The molecular formula is C25H19BrF3NO4. The molecule has 0 saturated carbocycles. The zero-order valence-electron chi connectivity index (χ0n) is 17.6. The molecule has 0 bridgehead atoms. The van der Waals surface area contributed by atoms with E-state index in [1.165, 1.54) is 18.2 Å². The van der Waals surface area contributed by atoms with Crippen LogP contribution in [0.1, 0.15) is 23.1 Å². The number of benzene rings is 3. The number of hydrogen-bond acceptors (Lipinski definition) is 3. The van der Waals surface area contributed by atoms with Crippen LogP contribution in [0, 0.1) is 0 Å². The fraction of sp³-hybridized carbons (Fsp3) is 0.120. The van der Waals surface area contributed by atoms with E-state index >= 15 is 0 Å². The van der Waals surface area contributed by atoms with Crippen LogP contribution in [0.5, 0.6) is 11.5 Å². The Morgan fingerprint density at radius 1 is 1.00 bits per heavy atom. The number of alkyl halides is 3. The lowest BCUT2D eigenvalue weighted by Crippen LogP contribution is -2.27. The van der Waals surface area contributed by atoms with Crippen LogP contribution < -0.4 is 10.1 Å². The number of carbonyl (C=O) groups excluding carboxylic acids is 1. The van der Waals surface area contributed by atoms with Crippen molar-refractivity contribution in [2.45, 2.75) is 19.0 Å². The van der Waals surface area contributed by atoms with E-state index in [0.29, 0.717) is 22.6 Å². The number of aryl methyl sites for hydroxylation is 1. The maximum absolute atomic E-state index is 12.8. The summed E-state index contributed by atoms with van der Waals surface area (Å²) in [6, 6.07) is 18.5. The summed E-state index contributed by atoms with van der Waals surface area (Å²) in [5, 5.41) is 11.7. The molecule has 5 nitrogen and oxygen atoms in total. The van der Waals surface area contributed by atoms with Crippen molar-refractivity contribution < 1.29 is 32.6 Å². The van der Waals surface area contributed by atoms with Crippen molar-refractivity contribution in [1.82, 2.24) is 5.32 Å². The Hall–Kier alpha value is -3.59. The van der Waals surface area contributed by atoms with E-state index in [1.54, 1.807) is 30.3 Å². The van der Waals surface area contributed by atoms with E-state index in [1.807, 2.05) is 18.2 Å². The molecule has 34 heavy (non-hydrogen) atoms. The van der Waals surface area contributed by atoms with Crippen molar-refractivity contribution in [2.24, 2.45) is 0 Å². The number of halogens is 4. The van der Waals surface area contributed by atoms with Crippen molar-refractivity contribution in [3.8, 4) is 11.5 Å². The van der Waals surface area contributed by atoms with E-state index in [-0.39, 0.29) is 18.5 Å². The van der Waals surface area contributed by atoms with E-state index < -0.39 is 23.6 Å². The molecule has 1 amide bonds. The zero-order valence-corrected chi connectivity index (χ0v) is 19.2. The minimum absolute atomic E-state index is 0.0315. The molecule has 176 valence electrons. The van der Waals surface area contributed by atoms with Gasteiger partial charge in [-0.15, -0.1) is 0 Å². The first-order valence-electron chi connectivity index (χ1n) is 10.1. The van der Waals surface area contributed by atoms with Gasteiger partial charge in [-0.05, 0) is 69.9 Å². The Labute approximate surface area is 202 Å². The first-order valence-corrected chi connectivity index (χ1v) is 10.8. The second-order valence-corrected chi connectivity index (χ2v) is 8.07. The molecule has 0 radical (unpaired) electrons. The molecule has 9 heteroatoms. The van der Waals surface area contributed by atoms with E-state index in [0.717, 1.165) is 16.6 Å². The number of ether oxygens (including phenoxy) is 1. The highest BCUT2D eigenvalue weighted by Crippen LogP contribution is 2.30. The van der Waals surface area contributed by atoms with Crippen molar-refractivity contribution in [3.63, 3.8) is 0 Å². The summed E-state index contributed by atoms with van der Waals surface area (Å²) in [6.45, 7) is 0. The van der Waals surface area contributed by atoms with Gasteiger partial charge in [-0.2, -0.15) is 13.2 Å². The van der Waals surface area contributed by atoms with E-state index in [2.05, 4.69) is 21.2 Å². The van der Waals surface area contributed by atoms with E-state index in [9.17, 15) is 27.9 Å². The number of rotatable bonds is 8. The second-order valence-electron chi connectivity index (χ2n) is 7.21. The average Bonchev–Trinajstić information content (AvgIpc) is 2.79. The van der Waals surface area contributed by atoms with Gasteiger partial charge in [0.15, 0.2) is 0 Å². The smallest absolute Gasteiger partial charge is 0.416 e. The van der Waals surface area contributed by atoms with Gasteiger partial charge in [0, 0.05) is 6.42 Å². The minimum atomic E-state index is -4.48. The van der Waals surface area contributed by atoms with Crippen LogP contribution in [0.2, 0.25) is 0 Å². The standard InChI is InChI=1S/C25H19BrF3NO4/c26-20-6-1-2-7-22(20)34-19-11-8-17(9-12-19)15-21(24(32)33)30-23(31)13-10-16-4-3-5-18(14-16)25(27,28)29/h1-9,11-12,14-15H,10,13H2,(H,30,31)(H,32,33)/b21-15-. The van der Waals surface area contributed by atoms with Crippen LogP contribution in [-0.2, 0) is 22.2 Å². The van der Waals surface area contributed by atoms with Gasteiger partial charge in [-0.3, -0.25) is 4.79 Å². The normalized spacial score (nSPS) is 11.7. The molecular weight excluding hydrogens is 515 g/mol. The second kappa shape index (κ2) is 11.0. The monoisotopic (exact) mass is 533 g/mol. The molecule has 0 aliphatic heterocycles. The summed E-state index contributed by atoms with van der Waals surface area (Å²) in [4.78, 5) is 23.8. The first kappa shape index (κ1) is 25.0. The number of carbonyl (C=O) groups is 2. The number of carboxylic acids is 1. The van der Waals surface area contributed by atoms with Crippen molar-refractivity contribution >= 4 is 33.9 Å². The summed E-state index contributed by atoms with van der Waals surface area (Å²) in [5.41, 5.74) is -0.321. The topological polar surface area (TPSA) is 75.6 Å². The van der Waals surface area contributed by atoms with Crippen LogP contribution in [0.4, 0.5) is 13.2 Å². The Balaban J connectivity index is 1.63. The summed E-state index contributed by atoms with van der Waals surface area (Å²) < 4.78 is 45.0. The highest BCUT2D eigenvalue weighted by Gasteiger charge is 2.30. The van der Waals surface area contributed by atoms with Gasteiger partial charge in [0.25, 0.3) is 0 Å². The molecule has 0 aromatic heterocycles. The fourth-order valence-electron chi connectivity index (χ4n) is 2.98. The molecule has 0 heterocycles. The average molecular weight is 534 g/mol. The number of nitrogens with one attached hydrogen (secondary N) is 1. The molecule has 0 spiro atoms. The Kier molecular flexibility index (Phi) is 8.12. The summed E-state index contributed by atoms with van der Waals surface area (Å²) in [6.07, 6.45) is -3.34. The number of amides is 1. The van der Waals surface area contributed by atoms with Gasteiger partial charge in [0.05, 0.1) is 10.0 Å². The van der Waals surface area contributed by atoms with Crippen LogP contribution in [0.3, 0.4) is 0 Å². The van der Waals surface area contributed by atoms with Crippen molar-refractivity contribution in [2.75, 3.05) is 0 Å². The largest absolute Gasteiger partial charge is 0.477 e. The third kappa shape index (κ3) is 7.21. The summed E-state index contributed by atoms with van der Waals surface area (Å²) in [7, 11) is 0. The molecule has 3 aromatic carbocycles. The van der Waals surface area contributed by atoms with Crippen LogP contribution in [0.15, 0.2) is 83.0 Å². The lowest BCUT2D eigenvalue weighted by atomic mass is 10.1.